The summed E-state index contributed by atoms with van der Waals surface area (Å²) in [5.74, 6) is -0.0739. The Kier molecular flexibility index (Phi) is 3.87. The molecule has 0 bridgehead atoms. The second-order valence-electron chi connectivity index (χ2n) is 5.43. The monoisotopic (exact) mass is 354 g/mol. The minimum atomic E-state index is -0.0739. The second kappa shape index (κ2) is 6.18. The molecule has 5 nitrogen and oxygen atoms in total. The van der Waals surface area contributed by atoms with E-state index in [4.69, 9.17) is 0 Å². The van der Waals surface area contributed by atoms with Crippen LogP contribution in [0, 0.1) is 6.92 Å². The highest BCUT2D eigenvalue weighted by Gasteiger charge is 2.13. The lowest BCUT2D eigenvalue weighted by molar-refractivity contribution is -0.115. The lowest BCUT2D eigenvalue weighted by Crippen LogP contribution is -2.15. The maximum Gasteiger partial charge on any atom is 0.232 e. The zero-order chi connectivity index (χ0) is 16.5. The number of amides is 1. The van der Waals surface area contributed by atoms with Gasteiger partial charge in [0, 0.05) is 34.4 Å². The second-order valence-corrected chi connectivity index (χ2v) is 7.17. The molecule has 0 radical (unpaired) electrons. The molecule has 4 rings (SSSR count). The Labute approximate surface area is 146 Å². The number of fused-ring (bicyclic) bond motifs is 1. The van der Waals surface area contributed by atoms with Gasteiger partial charge in [-0.1, -0.05) is 29.8 Å². The largest absolute Gasteiger partial charge is 0.302 e. The van der Waals surface area contributed by atoms with E-state index >= 15 is 0 Å². The van der Waals surface area contributed by atoms with Gasteiger partial charge in [-0.3, -0.25) is 9.20 Å². The van der Waals surface area contributed by atoms with Crippen molar-refractivity contribution in [1.82, 2.24) is 14.4 Å². The molecular weight excluding hydrogens is 340 g/mol. The Morgan fingerprint density at radius 2 is 2.08 bits per heavy atom. The fourth-order valence-electron chi connectivity index (χ4n) is 2.43. The van der Waals surface area contributed by atoms with E-state index in [-0.39, 0.29) is 5.91 Å². The van der Waals surface area contributed by atoms with E-state index in [0.29, 0.717) is 11.6 Å². The van der Waals surface area contributed by atoms with Crippen LogP contribution in [0.1, 0.15) is 11.3 Å². The van der Waals surface area contributed by atoms with Crippen molar-refractivity contribution in [3.05, 3.63) is 58.7 Å². The van der Waals surface area contributed by atoms with Gasteiger partial charge in [0.25, 0.3) is 0 Å². The van der Waals surface area contributed by atoms with Crippen LogP contribution in [0.3, 0.4) is 0 Å². The Balaban J connectivity index is 1.58. The summed E-state index contributed by atoms with van der Waals surface area (Å²) in [6.07, 6.45) is 3.96. The van der Waals surface area contributed by atoms with Gasteiger partial charge in [-0.05, 0) is 6.92 Å². The molecule has 1 aromatic carbocycles. The summed E-state index contributed by atoms with van der Waals surface area (Å²) in [7, 11) is 0. The molecule has 0 unspecified atom stereocenters. The van der Waals surface area contributed by atoms with Gasteiger partial charge in [-0.25, -0.2) is 9.97 Å². The van der Waals surface area contributed by atoms with Crippen molar-refractivity contribution in [3.8, 4) is 11.3 Å². The number of thiazole rings is 2. The molecule has 3 heterocycles. The molecule has 0 aliphatic carbocycles. The number of anilines is 1. The number of carbonyl (C=O) groups is 1. The molecule has 3 aromatic heterocycles. The number of hydrogen-bond donors (Lipinski definition) is 1. The fraction of sp³-hybridized carbons (Fsp3) is 0.118. The average molecular weight is 354 g/mol. The smallest absolute Gasteiger partial charge is 0.232 e. The Morgan fingerprint density at radius 3 is 2.83 bits per heavy atom. The Bertz CT molecular complexity index is 984. The molecule has 0 aliphatic rings. The lowest BCUT2D eigenvalue weighted by Gasteiger charge is -2.01. The van der Waals surface area contributed by atoms with Crippen molar-refractivity contribution in [3.63, 3.8) is 0 Å². The van der Waals surface area contributed by atoms with Gasteiger partial charge >= 0.3 is 0 Å². The molecule has 0 atom stereocenters. The predicted octanol–water partition coefficient (Wildman–Crippen LogP) is 4.01. The van der Waals surface area contributed by atoms with E-state index in [2.05, 4.69) is 46.5 Å². The summed E-state index contributed by atoms with van der Waals surface area (Å²) in [5.41, 5.74) is 4.15. The number of rotatable bonds is 4. The van der Waals surface area contributed by atoms with Crippen molar-refractivity contribution in [2.24, 2.45) is 0 Å². The molecule has 1 amide bonds. The van der Waals surface area contributed by atoms with E-state index in [1.54, 1.807) is 17.5 Å². The van der Waals surface area contributed by atoms with Gasteiger partial charge in [0.1, 0.15) is 0 Å². The summed E-state index contributed by atoms with van der Waals surface area (Å²) >= 11 is 2.95. The van der Waals surface area contributed by atoms with Gasteiger partial charge < -0.3 is 5.32 Å². The average Bonchev–Trinajstić information content (AvgIpc) is 3.27. The SMILES string of the molecule is Cc1ccc(-c2cn3c(CC(=O)Nc4nccs4)csc3n2)cc1. The number of benzene rings is 1. The fourth-order valence-corrected chi connectivity index (χ4v) is 3.85. The first-order chi connectivity index (χ1) is 11.7. The van der Waals surface area contributed by atoms with Crippen LogP contribution in [0.2, 0.25) is 0 Å². The van der Waals surface area contributed by atoms with Crippen LogP contribution in [0.4, 0.5) is 5.13 Å². The van der Waals surface area contributed by atoms with Crippen LogP contribution in [-0.2, 0) is 11.2 Å². The van der Waals surface area contributed by atoms with Crippen molar-refractivity contribution in [2.75, 3.05) is 5.32 Å². The number of nitrogens with zero attached hydrogens (tertiary/aromatic N) is 3. The minimum absolute atomic E-state index is 0.0739. The molecule has 1 N–H and O–H groups in total. The summed E-state index contributed by atoms with van der Waals surface area (Å²) in [6.45, 7) is 2.06. The van der Waals surface area contributed by atoms with E-state index in [1.165, 1.54) is 16.9 Å². The van der Waals surface area contributed by atoms with Gasteiger partial charge in [0.2, 0.25) is 5.91 Å². The molecule has 0 spiro atoms. The third-order valence-electron chi connectivity index (χ3n) is 3.65. The highest BCUT2D eigenvalue weighted by Crippen LogP contribution is 2.24. The normalized spacial score (nSPS) is 11.0. The summed E-state index contributed by atoms with van der Waals surface area (Å²) in [6, 6.07) is 8.28. The van der Waals surface area contributed by atoms with Gasteiger partial charge in [0.05, 0.1) is 12.1 Å². The number of carbonyl (C=O) groups excluding carboxylic acids is 1. The zero-order valence-electron chi connectivity index (χ0n) is 12.9. The first-order valence-electron chi connectivity index (χ1n) is 7.41. The first-order valence-corrected chi connectivity index (χ1v) is 9.17. The van der Waals surface area contributed by atoms with E-state index < -0.39 is 0 Å². The highest BCUT2D eigenvalue weighted by atomic mass is 32.1. The molecular formula is C17H14N4OS2. The van der Waals surface area contributed by atoms with Crippen LogP contribution in [0.15, 0.2) is 47.4 Å². The number of aromatic nitrogens is 3. The molecule has 0 fully saturated rings. The van der Waals surface area contributed by atoms with Crippen molar-refractivity contribution < 1.29 is 4.79 Å². The highest BCUT2D eigenvalue weighted by molar-refractivity contribution is 7.15. The molecule has 120 valence electrons. The van der Waals surface area contributed by atoms with E-state index in [1.807, 2.05) is 21.4 Å². The molecule has 24 heavy (non-hydrogen) atoms. The molecule has 0 aliphatic heterocycles. The van der Waals surface area contributed by atoms with Gasteiger partial charge in [-0.15, -0.1) is 22.7 Å². The number of imidazole rings is 1. The quantitative estimate of drug-likeness (QED) is 0.602. The van der Waals surface area contributed by atoms with Gasteiger partial charge in [-0.2, -0.15) is 0 Å². The third-order valence-corrected chi connectivity index (χ3v) is 5.23. The Hall–Kier alpha value is -2.51. The lowest BCUT2D eigenvalue weighted by atomic mass is 10.1. The molecule has 4 aromatic rings. The van der Waals surface area contributed by atoms with Crippen LogP contribution in [0.25, 0.3) is 16.2 Å². The Morgan fingerprint density at radius 1 is 1.25 bits per heavy atom. The van der Waals surface area contributed by atoms with Gasteiger partial charge in [0.15, 0.2) is 10.1 Å². The zero-order valence-corrected chi connectivity index (χ0v) is 14.5. The van der Waals surface area contributed by atoms with Crippen LogP contribution >= 0.6 is 22.7 Å². The van der Waals surface area contributed by atoms with Crippen molar-refractivity contribution in [1.29, 1.82) is 0 Å². The first kappa shape index (κ1) is 15.0. The molecule has 0 saturated heterocycles. The number of nitrogens with one attached hydrogen (secondary N) is 1. The molecule has 7 heteroatoms. The topological polar surface area (TPSA) is 59.3 Å². The van der Waals surface area contributed by atoms with Crippen molar-refractivity contribution in [2.45, 2.75) is 13.3 Å². The summed E-state index contributed by atoms with van der Waals surface area (Å²) < 4.78 is 1.99. The maximum atomic E-state index is 12.2. The number of hydrogen-bond acceptors (Lipinski definition) is 5. The molecule has 0 saturated carbocycles. The maximum absolute atomic E-state index is 12.2. The number of aryl methyl sites for hydroxylation is 1. The van der Waals surface area contributed by atoms with Crippen LogP contribution < -0.4 is 5.32 Å². The summed E-state index contributed by atoms with van der Waals surface area (Å²) in [4.78, 5) is 21.8. The van der Waals surface area contributed by atoms with E-state index in [9.17, 15) is 4.79 Å². The summed E-state index contributed by atoms with van der Waals surface area (Å²) in [5, 5.41) is 7.24. The predicted molar refractivity (Wildman–Crippen MR) is 97.7 cm³/mol. The third kappa shape index (κ3) is 2.95. The minimum Gasteiger partial charge on any atom is -0.302 e. The van der Waals surface area contributed by atoms with Crippen LogP contribution in [0.5, 0.6) is 0 Å². The van der Waals surface area contributed by atoms with E-state index in [0.717, 1.165) is 21.9 Å². The van der Waals surface area contributed by atoms with Crippen molar-refractivity contribution >= 4 is 38.7 Å². The van der Waals surface area contributed by atoms with Crippen LogP contribution in [-0.4, -0.2) is 20.3 Å². The standard InChI is InChI=1S/C17H14N4OS2/c1-11-2-4-12(5-3-11)14-9-21-13(10-24-17(21)19-14)8-15(22)20-16-18-6-7-23-16/h2-7,9-10H,8H2,1H3,(H,18,20,22).